The molecule has 8 unspecified atom stereocenters. The Balaban J connectivity index is 2.61. The lowest BCUT2D eigenvalue weighted by Gasteiger charge is -2.41. The van der Waals surface area contributed by atoms with Gasteiger partial charge in [-0.2, -0.15) is 0 Å². The molecule has 0 aromatic heterocycles. The van der Waals surface area contributed by atoms with Crippen LogP contribution in [0.4, 0.5) is 0 Å². The summed E-state index contributed by atoms with van der Waals surface area (Å²) in [5.41, 5.74) is 0. The highest BCUT2D eigenvalue weighted by atomic mass is 16.7. The van der Waals surface area contributed by atoms with Gasteiger partial charge in [0.15, 0.2) is 12.4 Å². The second kappa shape index (κ2) is 62.8. The van der Waals surface area contributed by atoms with Gasteiger partial charge in [-0.1, -0.05) is 298 Å². The van der Waals surface area contributed by atoms with E-state index < -0.39 is 67.4 Å². The molecule has 87 heavy (non-hydrogen) atoms. The Kier molecular flexibility index (Phi) is 58.9. The van der Waals surface area contributed by atoms with Gasteiger partial charge in [-0.05, 0) is 103 Å². The number of aliphatic hydroxyl groups excluding tert-OH is 5. The van der Waals surface area contributed by atoms with Gasteiger partial charge in [0, 0.05) is 6.42 Å². The third-order valence-corrected chi connectivity index (χ3v) is 16.5. The lowest BCUT2D eigenvalue weighted by atomic mass is 9.99. The van der Waals surface area contributed by atoms with Crippen LogP contribution >= 0.6 is 0 Å². The molecule has 1 rings (SSSR count). The van der Waals surface area contributed by atoms with Gasteiger partial charge in [0.05, 0.1) is 25.4 Å². The second-order valence-electron chi connectivity index (χ2n) is 24.6. The number of carbonyl (C=O) groups excluding carboxylic acids is 2. The lowest BCUT2D eigenvalue weighted by Crippen LogP contribution is -2.61. The predicted octanol–water partition coefficient (Wildman–Crippen LogP) is 18.6. The van der Waals surface area contributed by atoms with Gasteiger partial charge in [-0.3, -0.25) is 9.59 Å². The van der Waals surface area contributed by atoms with Crippen molar-refractivity contribution in [2.24, 2.45) is 0 Å². The maximum Gasteiger partial charge on any atom is 0.306 e. The Hall–Kier alpha value is -3.42. The van der Waals surface area contributed by atoms with E-state index >= 15 is 0 Å². The summed E-state index contributed by atoms with van der Waals surface area (Å²) in [5, 5.41) is 57.3. The summed E-state index contributed by atoms with van der Waals surface area (Å²) in [6, 6.07) is -1.03. The van der Waals surface area contributed by atoms with Crippen molar-refractivity contribution in [3.63, 3.8) is 0 Å². The first kappa shape index (κ1) is 81.6. The number of carbonyl (C=O) groups is 2. The summed E-state index contributed by atoms with van der Waals surface area (Å²) in [7, 11) is 0. The van der Waals surface area contributed by atoms with E-state index in [-0.39, 0.29) is 19.4 Å². The zero-order chi connectivity index (χ0) is 63.1. The van der Waals surface area contributed by atoms with Crippen molar-refractivity contribution in [3.05, 3.63) is 97.2 Å². The largest absolute Gasteiger partial charge is 0.454 e. The van der Waals surface area contributed by atoms with Gasteiger partial charge < -0.3 is 45.1 Å². The molecule has 1 amide bonds. The molecule has 1 saturated heterocycles. The Labute approximate surface area is 533 Å². The predicted molar refractivity (Wildman–Crippen MR) is 365 cm³/mol. The molecule has 0 aromatic carbocycles. The number of unbranched alkanes of at least 4 members (excludes halogenated alkanes) is 33. The van der Waals surface area contributed by atoms with Crippen LogP contribution in [0.1, 0.15) is 310 Å². The Morgan fingerprint density at radius 3 is 1.25 bits per heavy atom. The zero-order valence-electron chi connectivity index (χ0n) is 55.9. The number of hydrogen-bond acceptors (Lipinski definition) is 10. The number of esters is 1. The molecule has 0 radical (unpaired) electrons. The van der Waals surface area contributed by atoms with E-state index in [4.69, 9.17) is 14.2 Å². The van der Waals surface area contributed by atoms with Gasteiger partial charge in [0.1, 0.15) is 24.4 Å². The molecule has 0 aromatic rings. The van der Waals surface area contributed by atoms with Crippen molar-refractivity contribution in [1.29, 1.82) is 0 Å². The molecule has 1 aliphatic heterocycles. The summed E-state index contributed by atoms with van der Waals surface area (Å²) in [6.45, 7) is 5.70. The summed E-state index contributed by atoms with van der Waals surface area (Å²) in [5.74, 6) is -1.21. The van der Waals surface area contributed by atoms with Crippen molar-refractivity contribution < 1.29 is 49.3 Å². The van der Waals surface area contributed by atoms with Crippen LogP contribution in [0.5, 0.6) is 0 Å². The number of hydrogen-bond donors (Lipinski definition) is 6. The van der Waals surface area contributed by atoms with E-state index in [0.29, 0.717) is 12.8 Å². The number of ether oxygens (including phenoxy) is 3. The molecule has 1 heterocycles. The van der Waals surface area contributed by atoms with Crippen molar-refractivity contribution >= 4 is 11.9 Å². The van der Waals surface area contributed by atoms with Crippen LogP contribution in [0.3, 0.4) is 0 Å². The first-order chi connectivity index (χ1) is 42.7. The van der Waals surface area contributed by atoms with Gasteiger partial charge in [0.2, 0.25) is 5.91 Å². The quantitative estimate of drug-likeness (QED) is 0.0195. The second-order valence-corrected chi connectivity index (χ2v) is 24.6. The Morgan fingerprint density at radius 2 is 0.828 bits per heavy atom. The van der Waals surface area contributed by atoms with Crippen LogP contribution in [0.2, 0.25) is 0 Å². The lowest BCUT2D eigenvalue weighted by molar-refractivity contribution is -0.305. The smallest absolute Gasteiger partial charge is 0.306 e. The van der Waals surface area contributed by atoms with Crippen LogP contribution in [0.25, 0.3) is 0 Å². The van der Waals surface area contributed by atoms with Crippen LogP contribution in [-0.2, 0) is 23.8 Å². The maximum atomic E-state index is 13.5. The third kappa shape index (κ3) is 50.0. The number of amides is 1. The average Bonchev–Trinajstić information content (AvgIpc) is 2.32. The molecule has 6 N–H and O–H groups in total. The first-order valence-corrected chi connectivity index (χ1v) is 36.0. The molecule has 11 nitrogen and oxygen atoms in total. The molecular weight excluding hydrogens is 1090 g/mol. The minimum Gasteiger partial charge on any atom is -0.454 e. The molecular formula is C76H133NO10. The summed E-state index contributed by atoms with van der Waals surface area (Å²) < 4.78 is 17.7. The number of nitrogens with one attached hydrogen (secondary N) is 1. The number of aliphatic hydroxyl groups is 5. The molecule has 8 atom stereocenters. The van der Waals surface area contributed by atoms with Crippen molar-refractivity contribution in [1.82, 2.24) is 5.32 Å². The van der Waals surface area contributed by atoms with E-state index in [1.54, 1.807) is 6.08 Å². The number of allylic oxidation sites excluding steroid dienone is 15. The van der Waals surface area contributed by atoms with Crippen LogP contribution < -0.4 is 5.32 Å². The Bertz CT molecular complexity index is 1790. The molecule has 0 bridgehead atoms. The van der Waals surface area contributed by atoms with Crippen molar-refractivity contribution in [2.45, 2.75) is 359 Å². The van der Waals surface area contributed by atoms with Crippen molar-refractivity contribution in [3.8, 4) is 0 Å². The summed E-state index contributed by atoms with van der Waals surface area (Å²) in [4.78, 5) is 26.7. The highest BCUT2D eigenvalue weighted by molar-refractivity contribution is 5.80. The normalized spacial score (nSPS) is 18.8. The zero-order valence-corrected chi connectivity index (χ0v) is 55.9. The maximum absolute atomic E-state index is 13.5. The van der Waals surface area contributed by atoms with Gasteiger partial charge in [0.25, 0.3) is 0 Å². The van der Waals surface area contributed by atoms with Gasteiger partial charge >= 0.3 is 5.97 Å². The van der Waals surface area contributed by atoms with E-state index in [9.17, 15) is 35.1 Å². The van der Waals surface area contributed by atoms with E-state index in [1.165, 1.54) is 148 Å². The number of rotatable bonds is 61. The summed E-state index contributed by atoms with van der Waals surface area (Å²) >= 11 is 0. The van der Waals surface area contributed by atoms with Crippen molar-refractivity contribution in [2.75, 3.05) is 13.2 Å². The topological polar surface area (TPSA) is 175 Å². The van der Waals surface area contributed by atoms with Gasteiger partial charge in [-0.25, -0.2) is 0 Å². The minimum atomic E-state index is -1.63. The molecule has 502 valence electrons. The molecule has 0 saturated carbocycles. The third-order valence-electron chi connectivity index (χ3n) is 16.5. The fourth-order valence-electron chi connectivity index (χ4n) is 10.8. The van der Waals surface area contributed by atoms with E-state index in [1.807, 2.05) is 6.08 Å². The minimum absolute atomic E-state index is 0.102. The molecule has 0 spiro atoms. The average molecular weight is 1220 g/mol. The highest BCUT2D eigenvalue weighted by Crippen LogP contribution is 2.26. The molecule has 0 aliphatic carbocycles. The van der Waals surface area contributed by atoms with Crippen LogP contribution in [0, 0.1) is 0 Å². The molecule has 1 fully saturated rings. The fraction of sp³-hybridized carbons (Fsp3) is 0.763. The molecule has 1 aliphatic rings. The standard InChI is InChI=1S/C76H133NO10/c1-4-7-10-13-16-19-22-25-27-29-31-33-34-35-36-37-39-41-43-46-49-52-55-58-61-64-71(81)87-74-73(83)72(82)70(65-78)86-76(74)85-66-67(68(79)62-59-56-53-50-47-44-24-21-18-15-12-9-6-3)77-75(84)69(80)63-60-57-54-51-48-45-42-40-38-32-30-28-26-23-20-17-14-11-8-5-2/h7,10,16,19,25-28,31,33,35-36,39,41,59,62,67-70,72-74,76,78-80,82-83H,4-6,8-9,11-15,17-18,20-24,29-30,32,34,37-38,40,42-58,60-61,63-66H2,1-3H3,(H,77,84)/b10-7-,19-16-,27-25-,28-26+,33-31-,36-35-,41-39-,62-59+. The van der Waals surface area contributed by atoms with Crippen LogP contribution in [0.15, 0.2) is 97.2 Å². The summed E-state index contributed by atoms with van der Waals surface area (Å²) in [6.07, 6.45) is 74.4. The monoisotopic (exact) mass is 1220 g/mol. The molecule has 11 heteroatoms. The highest BCUT2D eigenvalue weighted by Gasteiger charge is 2.47. The fourth-order valence-corrected chi connectivity index (χ4v) is 10.8. The Morgan fingerprint density at radius 1 is 0.460 bits per heavy atom. The van der Waals surface area contributed by atoms with Crippen LogP contribution in [-0.4, -0.2) is 99.6 Å². The SMILES string of the molecule is CC/C=C\C/C=C\C/C=C\C/C=C\C/C=C\C/C=C\CCCCCCCCC(=O)OC1C(OCC(NC(=O)C(O)CCCCCCCCCCCC/C=C/CCCCCCCC)C(O)/C=C/CCCCCCCCCCCCC)OC(CO)C(O)C1O. The van der Waals surface area contributed by atoms with E-state index in [0.717, 1.165) is 116 Å². The first-order valence-electron chi connectivity index (χ1n) is 36.0. The van der Waals surface area contributed by atoms with Gasteiger partial charge in [-0.15, -0.1) is 0 Å². The van der Waals surface area contributed by atoms with E-state index in [2.05, 4.69) is 111 Å².